The van der Waals surface area contributed by atoms with Crippen molar-refractivity contribution in [2.24, 2.45) is 0 Å². The lowest BCUT2D eigenvalue weighted by Gasteiger charge is -2.32. The zero-order chi connectivity index (χ0) is 19.8. The van der Waals surface area contributed by atoms with Crippen LogP contribution < -0.4 is 21.3 Å². The second-order valence-electron chi connectivity index (χ2n) is 9.52. The Bertz CT molecular complexity index is 439. The Morgan fingerprint density at radius 3 is 1.62 bits per heavy atom. The van der Waals surface area contributed by atoms with E-state index in [0.717, 1.165) is 104 Å². The molecule has 0 radical (unpaired) electrons. The van der Waals surface area contributed by atoms with Gasteiger partial charge in [-0.15, -0.1) is 0 Å². The van der Waals surface area contributed by atoms with Gasteiger partial charge < -0.3 is 35.5 Å². The number of ether oxygens (including phenoxy) is 3. The summed E-state index contributed by atoms with van der Waals surface area (Å²) < 4.78 is 18.1. The summed E-state index contributed by atoms with van der Waals surface area (Å²) in [5, 5.41) is 14.2. The zero-order valence-electron chi connectivity index (χ0n) is 18.1. The van der Waals surface area contributed by atoms with Crippen molar-refractivity contribution < 1.29 is 14.2 Å². The molecule has 4 N–H and O–H groups in total. The van der Waals surface area contributed by atoms with Crippen molar-refractivity contribution in [1.82, 2.24) is 21.3 Å². The highest BCUT2D eigenvalue weighted by molar-refractivity contribution is 4.96. The second-order valence-corrected chi connectivity index (χ2v) is 9.52. The maximum atomic E-state index is 6.14. The van der Waals surface area contributed by atoms with Gasteiger partial charge >= 0.3 is 0 Å². The number of hydrogen-bond acceptors (Lipinski definition) is 7. The first-order valence-corrected chi connectivity index (χ1v) is 12.0. The molecule has 0 aromatic heterocycles. The Hall–Kier alpha value is -0.280. The third-order valence-electron chi connectivity index (χ3n) is 7.24. The van der Waals surface area contributed by atoms with Crippen LogP contribution in [-0.4, -0.2) is 89.0 Å². The van der Waals surface area contributed by atoms with Crippen molar-refractivity contribution in [2.75, 3.05) is 65.7 Å². The molecule has 0 aliphatic carbocycles. The molecular formula is C22H42N4O3. The average Bonchev–Trinajstić information content (AvgIpc) is 3.32. The molecule has 0 aromatic rings. The van der Waals surface area contributed by atoms with Gasteiger partial charge in [0.05, 0.1) is 24.4 Å². The molecule has 0 aromatic carbocycles. The quantitative estimate of drug-likeness (QED) is 0.397. The predicted octanol–water partition coefficient (Wildman–Crippen LogP) is 0.785. The topological polar surface area (TPSA) is 75.8 Å². The van der Waals surface area contributed by atoms with Crippen LogP contribution in [0.1, 0.15) is 51.4 Å². The largest absolute Gasteiger partial charge is 0.381 e. The summed E-state index contributed by atoms with van der Waals surface area (Å²) in [7, 11) is 0. The van der Waals surface area contributed by atoms with Gasteiger partial charge in [-0.2, -0.15) is 0 Å². The van der Waals surface area contributed by atoms with Crippen LogP contribution in [0.25, 0.3) is 0 Å². The molecule has 0 amide bonds. The fourth-order valence-corrected chi connectivity index (χ4v) is 5.48. The van der Waals surface area contributed by atoms with Crippen LogP contribution in [0.15, 0.2) is 0 Å². The van der Waals surface area contributed by atoms with Gasteiger partial charge in [-0.05, 0) is 90.6 Å². The van der Waals surface area contributed by atoms with Crippen LogP contribution in [0.4, 0.5) is 0 Å². The molecule has 4 aliphatic rings. The standard InChI is InChI=1S/C22H42N4O3/c1(7-25-19-15-21(28-17-19)3-9-23-10-4-21)13-27-14-2-8-26-20-16-22(29-18-20)5-11-24-12-6-22/h19-20,23-26H,1-18H2. The number of piperidine rings is 2. The van der Waals surface area contributed by atoms with Gasteiger partial charge in [0.1, 0.15) is 0 Å². The van der Waals surface area contributed by atoms with Crippen molar-refractivity contribution in [3.8, 4) is 0 Å². The van der Waals surface area contributed by atoms with E-state index in [9.17, 15) is 0 Å². The van der Waals surface area contributed by atoms with Crippen molar-refractivity contribution >= 4 is 0 Å². The minimum Gasteiger partial charge on any atom is -0.381 e. The number of rotatable bonds is 10. The van der Waals surface area contributed by atoms with E-state index >= 15 is 0 Å². The van der Waals surface area contributed by atoms with Crippen LogP contribution in [-0.2, 0) is 14.2 Å². The van der Waals surface area contributed by atoms with E-state index in [1.165, 1.54) is 12.8 Å². The van der Waals surface area contributed by atoms with Crippen molar-refractivity contribution in [1.29, 1.82) is 0 Å². The molecule has 4 rings (SSSR count). The van der Waals surface area contributed by atoms with Gasteiger partial charge in [0.15, 0.2) is 0 Å². The Kier molecular flexibility index (Phi) is 8.20. The lowest BCUT2D eigenvalue weighted by molar-refractivity contribution is -0.0196. The fourth-order valence-electron chi connectivity index (χ4n) is 5.48. The summed E-state index contributed by atoms with van der Waals surface area (Å²) in [6, 6.07) is 1.04. The van der Waals surface area contributed by atoms with Gasteiger partial charge in [0, 0.05) is 25.3 Å². The van der Waals surface area contributed by atoms with Crippen molar-refractivity contribution in [3.63, 3.8) is 0 Å². The monoisotopic (exact) mass is 410 g/mol. The van der Waals surface area contributed by atoms with Crippen LogP contribution in [0.5, 0.6) is 0 Å². The molecule has 4 heterocycles. The number of nitrogens with one attached hydrogen (secondary N) is 4. The molecule has 4 aliphatic heterocycles. The first-order valence-electron chi connectivity index (χ1n) is 12.0. The normalized spacial score (nSPS) is 31.0. The third kappa shape index (κ3) is 6.35. The van der Waals surface area contributed by atoms with Crippen molar-refractivity contribution in [2.45, 2.75) is 74.7 Å². The molecule has 168 valence electrons. The molecule has 4 saturated heterocycles. The minimum atomic E-state index is 0.157. The summed E-state index contributed by atoms with van der Waals surface area (Å²) in [5.41, 5.74) is 0.314. The van der Waals surface area contributed by atoms with Gasteiger partial charge in [-0.1, -0.05) is 0 Å². The molecule has 29 heavy (non-hydrogen) atoms. The fraction of sp³-hybridized carbons (Fsp3) is 1.00. The third-order valence-corrected chi connectivity index (χ3v) is 7.24. The van der Waals surface area contributed by atoms with Crippen LogP contribution in [0, 0.1) is 0 Å². The Labute approximate surface area is 176 Å². The Balaban J connectivity index is 0.959. The molecule has 4 fully saturated rings. The van der Waals surface area contributed by atoms with E-state index in [-0.39, 0.29) is 11.2 Å². The summed E-state index contributed by atoms with van der Waals surface area (Å²) in [4.78, 5) is 0. The molecule has 0 bridgehead atoms. The van der Waals surface area contributed by atoms with E-state index in [0.29, 0.717) is 12.1 Å². The van der Waals surface area contributed by atoms with Gasteiger partial charge in [-0.25, -0.2) is 0 Å². The highest BCUT2D eigenvalue weighted by Gasteiger charge is 2.41. The summed E-state index contributed by atoms with van der Waals surface area (Å²) in [5.74, 6) is 0. The predicted molar refractivity (Wildman–Crippen MR) is 114 cm³/mol. The molecular weight excluding hydrogens is 368 g/mol. The average molecular weight is 411 g/mol. The van der Waals surface area contributed by atoms with Gasteiger partial charge in [0.2, 0.25) is 0 Å². The van der Waals surface area contributed by atoms with E-state index in [1.54, 1.807) is 0 Å². The summed E-state index contributed by atoms with van der Waals surface area (Å²) in [6.45, 7) is 9.88. The molecule has 2 spiro atoms. The van der Waals surface area contributed by atoms with E-state index in [4.69, 9.17) is 14.2 Å². The molecule has 2 atom stereocenters. The van der Waals surface area contributed by atoms with Crippen LogP contribution >= 0.6 is 0 Å². The Morgan fingerprint density at radius 2 is 1.17 bits per heavy atom. The smallest absolute Gasteiger partial charge is 0.0723 e. The summed E-state index contributed by atoms with van der Waals surface area (Å²) in [6.07, 6.45) is 9.13. The van der Waals surface area contributed by atoms with Gasteiger partial charge in [-0.3, -0.25) is 0 Å². The maximum absolute atomic E-state index is 6.14. The van der Waals surface area contributed by atoms with Crippen LogP contribution in [0.2, 0.25) is 0 Å². The van der Waals surface area contributed by atoms with Gasteiger partial charge in [0.25, 0.3) is 0 Å². The maximum Gasteiger partial charge on any atom is 0.0723 e. The molecule has 7 heteroatoms. The summed E-state index contributed by atoms with van der Waals surface area (Å²) >= 11 is 0. The molecule has 7 nitrogen and oxygen atoms in total. The molecule has 0 saturated carbocycles. The van der Waals surface area contributed by atoms with Crippen molar-refractivity contribution in [3.05, 3.63) is 0 Å². The van der Waals surface area contributed by atoms with E-state index < -0.39 is 0 Å². The highest BCUT2D eigenvalue weighted by atomic mass is 16.5. The highest BCUT2D eigenvalue weighted by Crippen LogP contribution is 2.34. The zero-order valence-corrected chi connectivity index (χ0v) is 18.1. The number of hydrogen-bond donors (Lipinski definition) is 4. The lowest BCUT2D eigenvalue weighted by atomic mass is 9.88. The first kappa shape index (κ1) is 21.9. The SMILES string of the molecule is C(CNC1COC2(CCNCC2)C1)COCCCNC1COC2(CCNCC2)C1. The van der Waals surface area contributed by atoms with E-state index in [1.807, 2.05) is 0 Å². The Morgan fingerprint density at radius 1 is 0.724 bits per heavy atom. The molecule has 2 unspecified atom stereocenters. The lowest BCUT2D eigenvalue weighted by Crippen LogP contribution is -2.42. The second kappa shape index (κ2) is 10.8. The minimum absolute atomic E-state index is 0.157. The van der Waals surface area contributed by atoms with E-state index in [2.05, 4.69) is 21.3 Å². The first-order chi connectivity index (χ1) is 14.3. The van der Waals surface area contributed by atoms with Crippen LogP contribution in [0.3, 0.4) is 0 Å².